The minimum atomic E-state index is -0.397. The molecule has 2 N–H and O–H groups in total. The van der Waals surface area contributed by atoms with Crippen LogP contribution < -0.4 is 5.32 Å². The van der Waals surface area contributed by atoms with E-state index in [1.807, 2.05) is 12.1 Å². The maximum Gasteiger partial charge on any atom is 0.244 e. The number of carbonyl (C=O) groups is 1. The Balaban J connectivity index is 1.88. The molecule has 1 atom stereocenters. The van der Waals surface area contributed by atoms with Crippen molar-refractivity contribution in [2.24, 2.45) is 0 Å². The monoisotopic (exact) mass is 290 g/mol. The number of aliphatic hydroxyl groups excluding tert-OH is 1. The van der Waals surface area contributed by atoms with Gasteiger partial charge >= 0.3 is 0 Å². The molecule has 0 aliphatic rings. The van der Waals surface area contributed by atoms with Crippen molar-refractivity contribution >= 4 is 17.2 Å². The number of nitrogens with zero attached hydrogens (tertiary/aromatic N) is 3. The highest BCUT2D eigenvalue weighted by Crippen LogP contribution is 2.15. The van der Waals surface area contributed by atoms with Gasteiger partial charge in [-0.15, -0.1) is 11.3 Å². The molecule has 0 radical (unpaired) electrons. The number of thiophene rings is 1. The molecule has 0 fully saturated rings. The minimum Gasteiger partial charge on any atom is -0.384 e. The van der Waals surface area contributed by atoms with Gasteiger partial charge in [-0.25, -0.2) is 9.67 Å². The molecule has 0 saturated heterocycles. The highest BCUT2D eigenvalue weighted by molar-refractivity contribution is 7.12. The molecule has 1 amide bonds. The summed E-state index contributed by atoms with van der Waals surface area (Å²) >= 11 is 1.49. The third-order valence-corrected chi connectivity index (χ3v) is 3.60. The van der Waals surface area contributed by atoms with E-state index in [2.05, 4.69) is 27.2 Å². The van der Waals surface area contributed by atoms with E-state index in [-0.39, 0.29) is 12.5 Å². The first-order valence-electron chi connectivity index (χ1n) is 6.01. The third-order valence-electron chi connectivity index (χ3n) is 2.60. The van der Waals surface area contributed by atoms with E-state index in [1.54, 1.807) is 6.92 Å². The molecule has 0 aliphatic heterocycles. The van der Waals surface area contributed by atoms with Crippen molar-refractivity contribution in [2.75, 3.05) is 6.61 Å². The molecule has 2 aromatic rings. The van der Waals surface area contributed by atoms with Crippen LogP contribution in [-0.2, 0) is 11.3 Å². The number of amides is 1. The average molecular weight is 290 g/mol. The molecule has 1 unspecified atom stereocenters. The summed E-state index contributed by atoms with van der Waals surface area (Å²) in [5.74, 6) is 5.30. The number of hydrogen-bond acceptors (Lipinski definition) is 5. The van der Waals surface area contributed by atoms with Gasteiger partial charge in [0.15, 0.2) is 0 Å². The molecule has 7 heteroatoms. The number of nitrogens with one attached hydrogen (secondary N) is 1. The summed E-state index contributed by atoms with van der Waals surface area (Å²) in [6.07, 6.45) is 2.91. The molecular formula is C13H14N4O2S. The first kappa shape index (κ1) is 14.2. The lowest BCUT2D eigenvalue weighted by Gasteiger charge is -2.11. The Labute approximate surface area is 120 Å². The van der Waals surface area contributed by atoms with Crippen molar-refractivity contribution in [1.82, 2.24) is 20.1 Å². The largest absolute Gasteiger partial charge is 0.384 e. The lowest BCUT2D eigenvalue weighted by molar-refractivity contribution is -0.124. The van der Waals surface area contributed by atoms with Crippen LogP contribution in [0.25, 0.3) is 0 Å². The van der Waals surface area contributed by atoms with E-state index in [0.29, 0.717) is 6.54 Å². The van der Waals surface area contributed by atoms with Crippen LogP contribution in [0.4, 0.5) is 0 Å². The molecule has 20 heavy (non-hydrogen) atoms. The normalized spacial score (nSPS) is 11.5. The summed E-state index contributed by atoms with van der Waals surface area (Å²) in [7, 11) is 0. The van der Waals surface area contributed by atoms with Crippen LogP contribution in [0.3, 0.4) is 0 Å². The van der Waals surface area contributed by atoms with Gasteiger partial charge in [-0.2, -0.15) is 5.10 Å². The predicted molar refractivity (Wildman–Crippen MR) is 74.9 cm³/mol. The van der Waals surface area contributed by atoms with E-state index < -0.39 is 6.04 Å². The summed E-state index contributed by atoms with van der Waals surface area (Å²) in [5.41, 5.74) is 0. The van der Waals surface area contributed by atoms with E-state index in [4.69, 9.17) is 5.11 Å². The molecule has 0 saturated carbocycles. The average Bonchev–Trinajstić information content (AvgIpc) is 3.13. The first-order valence-corrected chi connectivity index (χ1v) is 6.82. The fourth-order valence-electron chi connectivity index (χ4n) is 1.53. The molecule has 0 aliphatic carbocycles. The lowest BCUT2D eigenvalue weighted by Crippen LogP contribution is -2.30. The van der Waals surface area contributed by atoms with Crippen molar-refractivity contribution in [3.63, 3.8) is 0 Å². The first-order chi connectivity index (χ1) is 9.70. The second-order valence-corrected chi connectivity index (χ2v) is 5.16. The quantitative estimate of drug-likeness (QED) is 0.806. The topological polar surface area (TPSA) is 80.0 Å². The van der Waals surface area contributed by atoms with E-state index in [1.165, 1.54) is 28.7 Å². The van der Waals surface area contributed by atoms with Gasteiger partial charge in [0.2, 0.25) is 5.91 Å². The Morgan fingerprint density at radius 2 is 2.45 bits per heavy atom. The second-order valence-electron chi connectivity index (χ2n) is 4.00. The molecular weight excluding hydrogens is 276 g/mol. The van der Waals surface area contributed by atoms with Crippen LogP contribution in [-0.4, -0.2) is 32.4 Å². The molecule has 2 heterocycles. The van der Waals surface area contributed by atoms with E-state index in [9.17, 15) is 4.79 Å². The fraction of sp³-hybridized carbons (Fsp3) is 0.308. The van der Waals surface area contributed by atoms with Crippen molar-refractivity contribution in [2.45, 2.75) is 19.5 Å². The summed E-state index contributed by atoms with van der Waals surface area (Å²) < 4.78 is 1.50. The van der Waals surface area contributed by atoms with Gasteiger partial charge in [0, 0.05) is 4.88 Å². The maximum absolute atomic E-state index is 11.9. The number of aromatic nitrogens is 3. The molecule has 0 spiro atoms. The van der Waals surface area contributed by atoms with E-state index >= 15 is 0 Å². The predicted octanol–water partition coefficient (Wildman–Crippen LogP) is 0.561. The highest BCUT2D eigenvalue weighted by atomic mass is 32.1. The number of carbonyl (C=O) groups excluding carboxylic acids is 1. The van der Waals surface area contributed by atoms with Gasteiger partial charge in [0.1, 0.15) is 25.3 Å². The molecule has 6 nitrogen and oxygen atoms in total. The Kier molecular flexibility index (Phi) is 4.87. The van der Waals surface area contributed by atoms with Crippen LogP contribution >= 0.6 is 11.3 Å². The maximum atomic E-state index is 11.9. The second kappa shape index (κ2) is 6.84. The summed E-state index contributed by atoms with van der Waals surface area (Å²) in [4.78, 5) is 17.6. The van der Waals surface area contributed by atoms with Crippen molar-refractivity contribution in [3.05, 3.63) is 34.5 Å². The van der Waals surface area contributed by atoms with Crippen LogP contribution in [0.5, 0.6) is 0 Å². The molecule has 0 aromatic carbocycles. The summed E-state index contributed by atoms with van der Waals surface area (Å²) in [5, 5.41) is 15.4. The molecule has 104 valence electrons. The highest BCUT2D eigenvalue weighted by Gasteiger charge is 2.14. The Morgan fingerprint density at radius 1 is 1.60 bits per heavy atom. The van der Waals surface area contributed by atoms with E-state index in [0.717, 1.165) is 9.75 Å². The lowest BCUT2D eigenvalue weighted by atomic mass is 10.3. The van der Waals surface area contributed by atoms with Crippen molar-refractivity contribution in [3.8, 4) is 11.8 Å². The van der Waals surface area contributed by atoms with Crippen LogP contribution in [0.1, 0.15) is 22.7 Å². The van der Waals surface area contributed by atoms with Gasteiger partial charge in [-0.1, -0.05) is 11.8 Å². The third kappa shape index (κ3) is 3.66. The smallest absolute Gasteiger partial charge is 0.244 e. The standard InChI is InChI=1S/C13H14N4O2S/c1-10(17-9-14-8-16-17)13(19)15-7-12-5-4-11(20-12)3-2-6-18/h4-5,8-10,18H,6-7H2,1H3,(H,15,19). The van der Waals surface area contributed by atoms with Gasteiger partial charge in [-0.05, 0) is 19.1 Å². The van der Waals surface area contributed by atoms with Crippen LogP contribution in [0, 0.1) is 11.8 Å². The zero-order chi connectivity index (χ0) is 14.4. The van der Waals surface area contributed by atoms with Crippen LogP contribution in [0.15, 0.2) is 24.8 Å². The number of rotatable bonds is 4. The van der Waals surface area contributed by atoms with Crippen molar-refractivity contribution < 1.29 is 9.90 Å². The molecule has 0 bridgehead atoms. The van der Waals surface area contributed by atoms with Gasteiger partial charge < -0.3 is 10.4 Å². The Bertz CT molecular complexity index is 624. The Morgan fingerprint density at radius 3 is 3.15 bits per heavy atom. The number of hydrogen-bond donors (Lipinski definition) is 2. The van der Waals surface area contributed by atoms with Gasteiger partial charge in [0.05, 0.1) is 11.4 Å². The molecule has 2 aromatic heterocycles. The number of aliphatic hydroxyl groups is 1. The fourth-order valence-corrected chi connectivity index (χ4v) is 2.35. The summed E-state index contributed by atoms with van der Waals surface area (Å²) in [6, 6.07) is 3.38. The van der Waals surface area contributed by atoms with Gasteiger partial charge in [-0.3, -0.25) is 4.79 Å². The zero-order valence-corrected chi connectivity index (χ0v) is 11.7. The zero-order valence-electron chi connectivity index (χ0n) is 10.9. The summed E-state index contributed by atoms with van der Waals surface area (Å²) in [6.45, 7) is 2.05. The Hall–Kier alpha value is -2.17. The van der Waals surface area contributed by atoms with Gasteiger partial charge in [0.25, 0.3) is 0 Å². The SMILES string of the molecule is CC(C(=O)NCc1ccc(C#CCO)s1)n1cncn1. The molecule has 2 rings (SSSR count). The van der Waals surface area contributed by atoms with Crippen molar-refractivity contribution in [1.29, 1.82) is 0 Å². The minimum absolute atomic E-state index is 0.119. The van der Waals surface area contributed by atoms with Crippen LogP contribution in [0.2, 0.25) is 0 Å².